The van der Waals surface area contributed by atoms with Crippen LogP contribution in [0.4, 0.5) is 0 Å². The number of carboxylic acid groups (broad SMARTS) is 1. The first-order chi connectivity index (χ1) is 46.8. The highest BCUT2D eigenvalue weighted by molar-refractivity contribution is 6.00. The van der Waals surface area contributed by atoms with E-state index in [-0.39, 0.29) is 45.1 Å². The molecule has 9 amide bonds. The number of carboxylic acids is 1. The van der Waals surface area contributed by atoms with Crippen molar-refractivity contribution in [2.24, 2.45) is 11.5 Å². The summed E-state index contributed by atoms with van der Waals surface area (Å²) in [6.45, 7) is 0.843. The number of benzene rings is 5. The van der Waals surface area contributed by atoms with E-state index >= 15 is 19.2 Å². The minimum atomic E-state index is -1.75. The van der Waals surface area contributed by atoms with Crippen molar-refractivity contribution in [2.75, 3.05) is 13.1 Å². The van der Waals surface area contributed by atoms with Crippen molar-refractivity contribution in [1.82, 2.24) is 67.0 Å². The number of likely N-dealkylation sites (tertiary alicyclic amines) is 1. The molecule has 1 aliphatic heterocycles. The second-order valence-corrected chi connectivity index (χ2v) is 24.1. The highest BCUT2D eigenvalue weighted by Crippen LogP contribution is 2.26. The Morgan fingerprint density at radius 2 is 1.03 bits per heavy atom. The maximum atomic E-state index is 15.2. The molecule has 10 rings (SSSR count). The Labute approximate surface area is 556 Å². The summed E-state index contributed by atoms with van der Waals surface area (Å²) in [5, 5.41) is 42.4. The molecule has 27 nitrogen and oxygen atoms in total. The molecule has 0 saturated carbocycles. The van der Waals surface area contributed by atoms with Gasteiger partial charge in [-0.05, 0) is 77.8 Å². The molecule has 17 N–H and O–H groups in total. The lowest BCUT2D eigenvalue weighted by molar-refractivity contribution is -0.145. The molecule has 1 fully saturated rings. The van der Waals surface area contributed by atoms with E-state index in [2.05, 4.69) is 62.1 Å². The summed E-state index contributed by atoms with van der Waals surface area (Å²) in [6.07, 6.45) is 5.05. The summed E-state index contributed by atoms with van der Waals surface area (Å²) >= 11 is 0. The van der Waals surface area contributed by atoms with Crippen LogP contribution in [-0.2, 0) is 80.0 Å². The minimum Gasteiger partial charge on any atom is -0.480 e. The van der Waals surface area contributed by atoms with Crippen LogP contribution in [0.5, 0.6) is 0 Å². The Hall–Kier alpha value is -11.5. The monoisotopic (exact) mass is 1320 g/mol. The first-order valence-corrected chi connectivity index (χ1v) is 31.9. The standard InChI is InChI=1S/C70H77N15O12/c1-39(86)62(84-66(92)54(78-61(88)33-71)28-40-21-23-42(24-22-40)41-12-3-2-4-13-41)68(94)81-56(30-44-35-75-51-18-9-6-15-48(44)51)64(90)79-53(25-26-60(72)87)63(89)80-55(29-43-34-74-50-17-8-5-14-47(43)50)65(91)82-57(32-46-37-73-38-77-46)69(95)85-27-11-20-59(85)67(93)83-58(70(96)97)31-45-36-76-52-19-10-7-16-49(45)52/h2-10,12-19,21-24,34-39,53-59,62,74-76,86H,11,20,25-33,71H2,1H3,(H2,72,87)(H,73,77)(H,78,88)(H,79,90)(H,80,89)(H,81,94)(H,82,91)(H,83,93)(H,84,92)(H,96,97)/t39-,53+,54+,55+,56+,57+,58+,59+,62+/m1/s1. The fraction of sp³-hybridized carbons (Fsp3) is 0.300. The molecule has 0 aliphatic carbocycles. The normalized spacial score (nSPS) is 15.4. The van der Waals surface area contributed by atoms with Crippen LogP contribution in [-0.4, -0.2) is 167 Å². The summed E-state index contributed by atoms with van der Waals surface area (Å²) in [5.74, 6) is -9.01. The Balaban J connectivity index is 0.898. The van der Waals surface area contributed by atoms with E-state index in [1.165, 1.54) is 24.3 Å². The van der Waals surface area contributed by atoms with E-state index in [0.29, 0.717) is 56.2 Å². The Morgan fingerprint density at radius 1 is 0.546 bits per heavy atom. The van der Waals surface area contributed by atoms with Gasteiger partial charge in [-0.25, -0.2) is 9.78 Å². The van der Waals surface area contributed by atoms with Gasteiger partial charge in [-0.1, -0.05) is 109 Å². The molecule has 1 aliphatic rings. The number of H-pyrrole nitrogens is 4. The molecule has 5 heterocycles. The van der Waals surface area contributed by atoms with E-state index in [0.717, 1.165) is 22.0 Å². The Kier molecular flexibility index (Phi) is 22.3. The minimum absolute atomic E-state index is 0.0547. The SMILES string of the molecule is C[C@@H](O)[C@H](NC(=O)[C@H](Cc1ccc(-c2ccccc2)cc1)NC(=O)CN)C(=O)N[C@@H](Cc1c[nH]c2ccccc12)C(=O)N[C@@H](CCC(N)=O)C(=O)N[C@@H](Cc1c[nH]c2ccccc12)C(=O)N[C@@H](Cc1cnc[nH]1)C(=O)N1CCC[C@H]1C(=O)N[C@@H](Cc1c[nH]c2ccccc12)C(=O)O. The number of rotatable bonds is 31. The van der Waals surface area contributed by atoms with Crippen molar-refractivity contribution < 1.29 is 58.2 Å². The van der Waals surface area contributed by atoms with E-state index < -0.39 is 133 Å². The summed E-state index contributed by atoms with van der Waals surface area (Å²) in [6, 6.07) is 26.7. The fourth-order valence-electron chi connectivity index (χ4n) is 12.2. The predicted octanol–water partition coefficient (Wildman–Crippen LogP) is 2.11. The van der Waals surface area contributed by atoms with E-state index in [4.69, 9.17) is 11.5 Å². The lowest BCUT2D eigenvalue weighted by Gasteiger charge is -2.30. The van der Waals surface area contributed by atoms with Crippen molar-refractivity contribution in [3.63, 3.8) is 0 Å². The largest absolute Gasteiger partial charge is 0.480 e. The topological polar surface area (TPSA) is 427 Å². The van der Waals surface area contributed by atoms with Crippen LogP contribution in [0.2, 0.25) is 0 Å². The molecule has 4 aromatic heterocycles. The molecule has 9 aromatic rings. The van der Waals surface area contributed by atoms with Crippen molar-refractivity contribution in [3.8, 4) is 11.1 Å². The molecule has 9 atom stereocenters. The summed E-state index contributed by atoms with van der Waals surface area (Å²) < 4.78 is 0. The zero-order chi connectivity index (χ0) is 68.7. The van der Waals surface area contributed by atoms with Gasteiger partial charge in [0.2, 0.25) is 53.2 Å². The number of carbonyl (C=O) groups excluding carboxylic acids is 9. The maximum Gasteiger partial charge on any atom is 0.326 e. The number of nitrogens with one attached hydrogen (secondary N) is 11. The first kappa shape index (κ1) is 68.4. The molecule has 97 heavy (non-hydrogen) atoms. The summed E-state index contributed by atoms with van der Waals surface area (Å²) in [4.78, 5) is 159. The lowest BCUT2D eigenvalue weighted by Crippen LogP contribution is -2.62. The average Bonchev–Trinajstić information content (AvgIpc) is 1.88. The fourth-order valence-corrected chi connectivity index (χ4v) is 12.2. The highest BCUT2D eigenvalue weighted by atomic mass is 16.4. The number of para-hydroxylation sites is 3. The number of nitrogens with zero attached hydrogens (tertiary/aromatic N) is 2. The maximum absolute atomic E-state index is 15.2. The van der Waals surface area contributed by atoms with Crippen LogP contribution in [0.25, 0.3) is 43.8 Å². The number of aliphatic carboxylic acids is 1. The zero-order valence-electron chi connectivity index (χ0n) is 53.0. The van der Waals surface area contributed by atoms with Gasteiger partial charge in [0.1, 0.15) is 48.3 Å². The predicted molar refractivity (Wildman–Crippen MR) is 359 cm³/mol. The van der Waals surface area contributed by atoms with Gasteiger partial charge in [0.05, 0.1) is 19.0 Å². The van der Waals surface area contributed by atoms with Gasteiger partial charge in [0, 0.05) is 108 Å². The van der Waals surface area contributed by atoms with E-state index in [9.17, 15) is 39.0 Å². The van der Waals surface area contributed by atoms with Crippen LogP contribution in [0.1, 0.15) is 60.6 Å². The van der Waals surface area contributed by atoms with Gasteiger partial charge in [-0.15, -0.1) is 0 Å². The molecule has 0 bridgehead atoms. The number of aliphatic hydroxyl groups is 1. The smallest absolute Gasteiger partial charge is 0.326 e. The molecule has 0 unspecified atom stereocenters. The van der Waals surface area contributed by atoms with Gasteiger partial charge in [-0.3, -0.25) is 43.2 Å². The number of imidazole rings is 1. The van der Waals surface area contributed by atoms with E-state index in [1.807, 2.05) is 66.7 Å². The van der Waals surface area contributed by atoms with Crippen molar-refractivity contribution in [3.05, 3.63) is 186 Å². The van der Waals surface area contributed by atoms with Crippen molar-refractivity contribution in [1.29, 1.82) is 0 Å². The van der Waals surface area contributed by atoms with Crippen LogP contribution in [0.3, 0.4) is 0 Å². The van der Waals surface area contributed by atoms with Crippen LogP contribution in [0.15, 0.2) is 159 Å². The first-order valence-electron chi connectivity index (χ1n) is 31.9. The number of carbonyl (C=O) groups is 10. The lowest BCUT2D eigenvalue weighted by atomic mass is 9.99. The number of hydrogen-bond donors (Lipinski definition) is 15. The van der Waals surface area contributed by atoms with Gasteiger partial charge >= 0.3 is 5.97 Å². The number of nitrogens with two attached hydrogens (primary N) is 2. The number of aromatic amines is 4. The van der Waals surface area contributed by atoms with Crippen LogP contribution >= 0.6 is 0 Å². The Morgan fingerprint density at radius 3 is 1.56 bits per heavy atom. The van der Waals surface area contributed by atoms with E-state index in [1.54, 1.807) is 79.3 Å². The van der Waals surface area contributed by atoms with Gasteiger partial charge in [0.25, 0.3) is 0 Å². The molecular weight excluding hydrogens is 1240 g/mol. The molecule has 27 heteroatoms. The Bertz CT molecular complexity index is 4300. The van der Waals surface area contributed by atoms with Crippen molar-refractivity contribution >= 4 is 91.8 Å². The molecule has 0 radical (unpaired) electrons. The molecule has 5 aromatic carbocycles. The summed E-state index contributed by atoms with van der Waals surface area (Å²) in [5.41, 5.74) is 18.1. The molecule has 1 saturated heterocycles. The second-order valence-electron chi connectivity index (χ2n) is 24.1. The number of fused-ring (bicyclic) bond motifs is 3. The average molecular weight is 1320 g/mol. The van der Waals surface area contributed by atoms with Gasteiger partial charge < -0.3 is 83.7 Å². The van der Waals surface area contributed by atoms with Gasteiger partial charge in [0.15, 0.2) is 0 Å². The number of hydrogen-bond acceptors (Lipinski definition) is 13. The number of amides is 9. The number of aromatic nitrogens is 5. The summed E-state index contributed by atoms with van der Waals surface area (Å²) in [7, 11) is 0. The van der Waals surface area contributed by atoms with Gasteiger partial charge in [-0.2, -0.15) is 0 Å². The molecule has 504 valence electrons. The quantitative estimate of drug-likeness (QED) is 0.0296. The number of primary amides is 1. The second kappa shape index (κ2) is 31.7. The molecule has 0 spiro atoms. The number of aliphatic hydroxyl groups excluding tert-OH is 1. The van der Waals surface area contributed by atoms with Crippen LogP contribution < -0.4 is 48.7 Å². The third kappa shape index (κ3) is 17.3. The third-order valence-electron chi connectivity index (χ3n) is 17.3. The zero-order valence-corrected chi connectivity index (χ0v) is 53.0. The third-order valence-corrected chi connectivity index (χ3v) is 17.3. The van der Waals surface area contributed by atoms with Crippen LogP contribution in [0, 0.1) is 0 Å². The molecular formula is C70H77N15O12. The highest BCUT2D eigenvalue weighted by Gasteiger charge is 2.41. The van der Waals surface area contributed by atoms with Crippen molar-refractivity contribution in [2.45, 2.75) is 119 Å².